The van der Waals surface area contributed by atoms with Gasteiger partial charge in [0.1, 0.15) is 0 Å². The predicted molar refractivity (Wildman–Crippen MR) is 113 cm³/mol. The molecule has 0 unspecified atom stereocenters. The summed E-state index contributed by atoms with van der Waals surface area (Å²) in [6.07, 6.45) is 3.30. The summed E-state index contributed by atoms with van der Waals surface area (Å²) >= 11 is 0. The van der Waals surface area contributed by atoms with Crippen LogP contribution in [0, 0.1) is 0 Å². The molecule has 0 spiro atoms. The van der Waals surface area contributed by atoms with Crippen molar-refractivity contribution in [2.45, 2.75) is 103 Å². The van der Waals surface area contributed by atoms with E-state index in [2.05, 4.69) is 67.7 Å². The fourth-order valence-corrected chi connectivity index (χ4v) is 5.19. The van der Waals surface area contributed by atoms with Crippen LogP contribution in [0.25, 0.3) is 0 Å². The lowest BCUT2D eigenvalue weighted by molar-refractivity contribution is -0.136. The Balaban J connectivity index is 3.06. The van der Waals surface area contributed by atoms with Gasteiger partial charge in [-0.2, -0.15) is 0 Å². The molecule has 0 amide bonds. The molecule has 1 aliphatic carbocycles. The maximum atomic E-state index is 12.2. The Morgan fingerprint density at radius 3 is 1.85 bits per heavy atom. The molecule has 0 aromatic heterocycles. The summed E-state index contributed by atoms with van der Waals surface area (Å²) in [4.78, 5) is 12.2. The minimum atomic E-state index is -1.93. The zero-order valence-corrected chi connectivity index (χ0v) is 20.8. The van der Waals surface area contributed by atoms with E-state index < -0.39 is 16.6 Å². The van der Waals surface area contributed by atoms with E-state index in [4.69, 9.17) is 13.6 Å². The van der Waals surface area contributed by atoms with Crippen LogP contribution >= 0.6 is 0 Å². The first-order valence-electron chi connectivity index (χ1n) is 9.65. The lowest BCUT2D eigenvalue weighted by Gasteiger charge is -2.43. The molecule has 0 saturated carbocycles. The minimum absolute atomic E-state index is 0.00441. The van der Waals surface area contributed by atoms with Crippen LogP contribution in [-0.4, -0.2) is 41.9 Å². The van der Waals surface area contributed by atoms with E-state index in [-0.39, 0.29) is 28.3 Å². The lowest BCUT2D eigenvalue weighted by atomic mass is 9.95. The summed E-state index contributed by atoms with van der Waals surface area (Å²) in [5.74, 6) is -0.266. The van der Waals surface area contributed by atoms with E-state index in [1.807, 2.05) is 6.08 Å². The van der Waals surface area contributed by atoms with Gasteiger partial charge in [-0.25, -0.2) is 4.79 Å². The molecule has 6 heteroatoms. The highest BCUT2D eigenvalue weighted by Crippen LogP contribution is 2.41. The summed E-state index contributed by atoms with van der Waals surface area (Å²) in [5.41, 5.74) is 0.686. The standard InChI is InChI=1S/C20H40O4Si2/c1-19(2,3)25(8,9)23-16-12-15(18(21)22-7)13-17(14-16)24-26(10,11)20(4,5)6/h12,16-17H,13-14H2,1-11H3/t16-,17+/m1/s1. The van der Waals surface area contributed by atoms with Gasteiger partial charge < -0.3 is 13.6 Å². The van der Waals surface area contributed by atoms with E-state index in [0.29, 0.717) is 12.0 Å². The van der Waals surface area contributed by atoms with Gasteiger partial charge in [0.15, 0.2) is 16.6 Å². The second-order valence-corrected chi connectivity index (χ2v) is 20.1. The van der Waals surface area contributed by atoms with E-state index >= 15 is 0 Å². The molecule has 0 aliphatic heterocycles. The smallest absolute Gasteiger partial charge is 0.333 e. The summed E-state index contributed by atoms with van der Waals surface area (Å²) < 4.78 is 18.2. The van der Waals surface area contributed by atoms with Crippen molar-refractivity contribution in [2.24, 2.45) is 0 Å². The van der Waals surface area contributed by atoms with Crippen molar-refractivity contribution in [3.05, 3.63) is 11.6 Å². The van der Waals surface area contributed by atoms with Crippen molar-refractivity contribution < 1.29 is 18.4 Å². The molecule has 0 radical (unpaired) electrons. The Kier molecular flexibility index (Phi) is 7.17. The Bertz CT molecular complexity index is 539. The first-order chi connectivity index (χ1) is 11.5. The van der Waals surface area contributed by atoms with Gasteiger partial charge in [0.05, 0.1) is 19.3 Å². The number of hydrogen-bond donors (Lipinski definition) is 0. The zero-order chi connectivity index (χ0) is 20.6. The Morgan fingerprint density at radius 1 is 0.962 bits per heavy atom. The number of esters is 1. The lowest BCUT2D eigenvalue weighted by Crippen LogP contribution is -2.48. The van der Waals surface area contributed by atoms with Crippen molar-refractivity contribution in [2.75, 3.05) is 7.11 Å². The van der Waals surface area contributed by atoms with E-state index in [0.717, 1.165) is 6.42 Å². The molecule has 1 rings (SSSR count). The van der Waals surface area contributed by atoms with Crippen molar-refractivity contribution in [1.29, 1.82) is 0 Å². The second-order valence-electron chi connectivity index (χ2n) is 10.5. The van der Waals surface area contributed by atoms with E-state index in [1.54, 1.807) is 0 Å². The van der Waals surface area contributed by atoms with Crippen LogP contribution in [0.15, 0.2) is 11.6 Å². The van der Waals surface area contributed by atoms with Crippen LogP contribution in [0.2, 0.25) is 36.3 Å². The van der Waals surface area contributed by atoms with Gasteiger partial charge in [0.2, 0.25) is 0 Å². The van der Waals surface area contributed by atoms with E-state index in [1.165, 1.54) is 7.11 Å². The Hall–Kier alpha value is -0.436. The van der Waals surface area contributed by atoms with Crippen LogP contribution in [0.1, 0.15) is 54.4 Å². The molecule has 0 N–H and O–H groups in total. The summed E-state index contributed by atoms with van der Waals surface area (Å²) in [6.45, 7) is 22.4. The van der Waals surface area contributed by atoms with Crippen molar-refractivity contribution in [1.82, 2.24) is 0 Å². The number of ether oxygens (including phenoxy) is 1. The highest BCUT2D eigenvalue weighted by molar-refractivity contribution is 6.74. The molecule has 4 nitrogen and oxygen atoms in total. The predicted octanol–water partition coefficient (Wildman–Crippen LogP) is 5.66. The van der Waals surface area contributed by atoms with Crippen molar-refractivity contribution in [3.63, 3.8) is 0 Å². The van der Waals surface area contributed by atoms with Gasteiger partial charge in [0, 0.05) is 18.4 Å². The largest absolute Gasteiger partial charge is 0.466 e. The van der Waals surface area contributed by atoms with Gasteiger partial charge >= 0.3 is 5.97 Å². The third kappa shape index (κ3) is 5.78. The monoisotopic (exact) mass is 400 g/mol. The third-order valence-corrected chi connectivity index (χ3v) is 15.3. The van der Waals surface area contributed by atoms with Gasteiger partial charge in [-0.05, 0) is 42.3 Å². The molecule has 2 atom stereocenters. The molecule has 1 aliphatic rings. The molecule has 0 aromatic carbocycles. The SMILES string of the molecule is COC(=O)C1=C[C@@H](O[Si](C)(C)C(C)(C)C)C[C@@H](O[Si](C)(C)C(C)(C)C)C1. The number of hydrogen-bond acceptors (Lipinski definition) is 4. The highest BCUT2D eigenvalue weighted by Gasteiger charge is 2.43. The van der Waals surface area contributed by atoms with Crippen LogP contribution in [0.4, 0.5) is 0 Å². The molecule has 26 heavy (non-hydrogen) atoms. The molecular formula is C20H40O4Si2. The second kappa shape index (κ2) is 7.90. The van der Waals surface area contributed by atoms with Crippen LogP contribution in [0.5, 0.6) is 0 Å². The minimum Gasteiger partial charge on any atom is -0.466 e. The topological polar surface area (TPSA) is 44.8 Å². The van der Waals surface area contributed by atoms with Gasteiger partial charge in [-0.15, -0.1) is 0 Å². The first-order valence-corrected chi connectivity index (χ1v) is 15.5. The number of rotatable bonds is 5. The quantitative estimate of drug-likeness (QED) is 0.441. The molecule has 0 aromatic rings. The highest BCUT2D eigenvalue weighted by atomic mass is 28.4. The van der Waals surface area contributed by atoms with Gasteiger partial charge in [-0.3, -0.25) is 0 Å². The van der Waals surface area contributed by atoms with Gasteiger partial charge in [-0.1, -0.05) is 41.5 Å². The zero-order valence-electron chi connectivity index (χ0n) is 18.8. The normalized spacial score (nSPS) is 22.8. The Labute approximate surface area is 162 Å². The van der Waals surface area contributed by atoms with Crippen LogP contribution < -0.4 is 0 Å². The molecule has 0 heterocycles. The molecular weight excluding hydrogens is 360 g/mol. The fourth-order valence-electron chi connectivity index (χ4n) is 2.55. The molecule has 0 saturated heterocycles. The number of methoxy groups -OCH3 is 1. The summed E-state index contributed by atoms with van der Waals surface area (Å²) in [7, 11) is -2.41. The first kappa shape index (κ1) is 23.6. The average molecular weight is 401 g/mol. The van der Waals surface area contributed by atoms with Crippen LogP contribution in [0.3, 0.4) is 0 Å². The summed E-state index contributed by atoms with van der Waals surface area (Å²) in [5, 5.41) is 0.259. The van der Waals surface area contributed by atoms with Crippen LogP contribution in [-0.2, 0) is 18.4 Å². The third-order valence-electron chi connectivity index (χ3n) is 6.30. The maximum absolute atomic E-state index is 12.2. The molecule has 0 bridgehead atoms. The number of carbonyl (C=O) groups excluding carboxylic acids is 1. The maximum Gasteiger partial charge on any atom is 0.333 e. The summed E-state index contributed by atoms with van der Waals surface area (Å²) in [6, 6.07) is 0. The van der Waals surface area contributed by atoms with E-state index in [9.17, 15) is 4.79 Å². The number of carbonyl (C=O) groups is 1. The average Bonchev–Trinajstić information content (AvgIpc) is 2.42. The van der Waals surface area contributed by atoms with Crippen molar-refractivity contribution in [3.8, 4) is 0 Å². The molecule has 0 fully saturated rings. The molecule has 152 valence electrons. The Morgan fingerprint density at radius 2 is 1.42 bits per heavy atom. The van der Waals surface area contributed by atoms with Crippen molar-refractivity contribution >= 4 is 22.6 Å². The van der Waals surface area contributed by atoms with Gasteiger partial charge in [0.25, 0.3) is 0 Å². The fraction of sp³-hybridized carbons (Fsp3) is 0.850.